The van der Waals surface area contributed by atoms with Gasteiger partial charge in [0.05, 0.1) is 0 Å². The Balaban J connectivity index is 2.41. The predicted molar refractivity (Wildman–Crippen MR) is 162 cm³/mol. The van der Waals surface area contributed by atoms with Crippen molar-refractivity contribution < 1.29 is 24.7 Å². The Kier molecular flexibility index (Phi) is 7.46. The van der Waals surface area contributed by atoms with Crippen molar-refractivity contribution in [1.29, 1.82) is 0 Å². The van der Waals surface area contributed by atoms with Crippen molar-refractivity contribution in [3.8, 4) is 5.75 Å². The Morgan fingerprint density at radius 3 is 1.05 bits per heavy atom. The van der Waals surface area contributed by atoms with Gasteiger partial charge in [-0.15, -0.1) is 0 Å². The standard InChI is InChI=1S/3C9H11.C6H6O.C3H7O.O.Ti/c3*1-8(2)9-6-4-3-5-7-9;7-6-4-2-1-3-5-6;1-3(2)4;;/h3*3-7H,1-2H3;1-5,7H;3H,1-2H3;;/q;;;;-1;;+2/p-1. The molecule has 0 radical (unpaired) electrons. The molecule has 40 heavy (non-hydrogen) atoms. The third-order valence-electron chi connectivity index (χ3n) is 10.3. The van der Waals surface area contributed by atoms with E-state index in [1.54, 1.807) is 0 Å². The Morgan fingerprint density at radius 2 is 0.775 bits per heavy atom. The number of para-hydroxylation sites is 1. The second-order valence-electron chi connectivity index (χ2n) is 13.1. The van der Waals surface area contributed by atoms with E-state index < -0.39 is 32.0 Å². The van der Waals surface area contributed by atoms with E-state index in [-0.39, 0.29) is 0 Å². The van der Waals surface area contributed by atoms with Crippen LogP contribution < -0.4 is 3.32 Å². The zero-order valence-electron chi connectivity index (χ0n) is 25.3. The van der Waals surface area contributed by atoms with Crippen LogP contribution in [-0.2, 0) is 32.6 Å². The van der Waals surface area contributed by atoms with Gasteiger partial charge >= 0.3 is 241 Å². The molecule has 0 aliphatic rings. The summed E-state index contributed by atoms with van der Waals surface area (Å²) in [6.07, 6.45) is -0.417. The fraction of sp³-hybridized carbons (Fsp3) is 0.333. The van der Waals surface area contributed by atoms with Crippen LogP contribution in [0.3, 0.4) is 0 Å². The van der Waals surface area contributed by atoms with Crippen LogP contribution in [0.1, 0.15) is 72.1 Å². The van der Waals surface area contributed by atoms with E-state index >= 15 is 3.32 Å². The maximum atomic E-state index is 18.4. The maximum absolute atomic E-state index is 18.4. The molecule has 3 nitrogen and oxygen atoms in total. The van der Waals surface area contributed by atoms with Crippen molar-refractivity contribution in [1.82, 2.24) is 0 Å². The van der Waals surface area contributed by atoms with Crippen LogP contribution in [0.15, 0.2) is 121 Å². The van der Waals surface area contributed by atoms with Crippen LogP contribution in [0, 0.1) is 0 Å². The van der Waals surface area contributed by atoms with Crippen molar-refractivity contribution >= 4 is 0 Å². The molecule has 0 N–H and O–H groups in total. The fourth-order valence-electron chi connectivity index (χ4n) is 8.03. The van der Waals surface area contributed by atoms with Gasteiger partial charge in [-0.25, -0.2) is 0 Å². The van der Waals surface area contributed by atoms with Crippen LogP contribution >= 0.6 is 0 Å². The van der Waals surface area contributed by atoms with Crippen molar-refractivity contribution in [2.75, 3.05) is 0 Å². The third kappa shape index (κ3) is 3.64. The number of hydrogen-bond donors (Lipinski definition) is 0. The molecule has 0 saturated carbocycles. The van der Waals surface area contributed by atoms with Crippen LogP contribution in [0.25, 0.3) is 0 Å². The first kappa shape index (κ1) is 30.1. The molecule has 211 valence electrons. The zero-order valence-corrected chi connectivity index (χ0v) is 26.9. The van der Waals surface area contributed by atoms with Gasteiger partial charge < -0.3 is 0 Å². The summed E-state index contributed by atoms with van der Waals surface area (Å²) in [5.74, 6) is 0.528. The Hall–Kier alpha value is -2.85. The third-order valence-corrected chi connectivity index (χ3v) is 27.3. The number of hydrogen-bond acceptors (Lipinski definition) is 3. The van der Waals surface area contributed by atoms with Gasteiger partial charge in [-0.2, -0.15) is 0 Å². The van der Waals surface area contributed by atoms with E-state index in [0.717, 1.165) is 16.7 Å². The summed E-state index contributed by atoms with van der Waals surface area (Å²) in [4.78, 5) is 0. The molecule has 0 saturated heterocycles. The predicted octanol–water partition coefficient (Wildman–Crippen LogP) is 9.70. The van der Waals surface area contributed by atoms with Gasteiger partial charge in [0, 0.05) is 0 Å². The van der Waals surface area contributed by atoms with Crippen molar-refractivity contribution in [2.24, 2.45) is 0 Å². The minimum atomic E-state index is -7.18. The monoisotopic (exact) mass is 573 g/mol. The fourth-order valence-corrected chi connectivity index (χ4v) is 24.6. The Morgan fingerprint density at radius 1 is 0.500 bits per heavy atom. The molecule has 0 aliphatic carbocycles. The first-order valence-electron chi connectivity index (χ1n) is 14.3. The molecule has 0 heterocycles. The second-order valence-corrected chi connectivity index (χ2v) is 24.5. The molecule has 0 spiro atoms. The Bertz CT molecular complexity index is 1380. The summed E-state index contributed by atoms with van der Waals surface area (Å²) in [5.41, 5.74) is 2.71. The van der Waals surface area contributed by atoms with Crippen LogP contribution in [0.2, 0.25) is 0 Å². The summed E-state index contributed by atoms with van der Waals surface area (Å²) in [7, 11) is 0. The molecular formula is C36H45O3Ti. The summed E-state index contributed by atoms with van der Waals surface area (Å²) >= 11 is -7.18. The van der Waals surface area contributed by atoms with Crippen molar-refractivity contribution in [3.05, 3.63) is 138 Å². The first-order chi connectivity index (χ1) is 18.7. The van der Waals surface area contributed by atoms with E-state index in [0.29, 0.717) is 5.75 Å². The molecule has 0 aromatic heterocycles. The summed E-state index contributed by atoms with van der Waals surface area (Å²) < 4.78 is 30.1. The molecule has 0 amide bonds. The van der Waals surface area contributed by atoms with Crippen molar-refractivity contribution in [3.63, 3.8) is 0 Å². The minimum absolute atomic E-state index is 0.417. The average molecular weight is 574 g/mol. The van der Waals surface area contributed by atoms with Gasteiger partial charge in [0.15, 0.2) is 0 Å². The molecule has 0 atom stereocenters. The van der Waals surface area contributed by atoms with E-state index in [9.17, 15) is 0 Å². The molecule has 0 fully saturated rings. The summed E-state index contributed by atoms with van der Waals surface area (Å²) in [6, 6.07) is 39.9. The van der Waals surface area contributed by atoms with Gasteiger partial charge in [0.2, 0.25) is 0 Å². The van der Waals surface area contributed by atoms with Gasteiger partial charge in [0.1, 0.15) is 0 Å². The number of benzene rings is 4. The molecule has 0 unspecified atom stereocenters. The molecule has 0 bridgehead atoms. The molecule has 0 aliphatic heterocycles. The summed E-state index contributed by atoms with van der Waals surface area (Å²) in [6.45, 7) is 16.4. The molecule has 4 aromatic rings. The SMILES string of the molecule is CC(C)[O][Ti](=[O])([O]c1ccccc1)([C](C)(C)c1ccccc1)([C](C)(C)c1ccccc1)[C](C)(C)c1ccccc1. The second kappa shape index (κ2) is 9.91. The molecular weight excluding hydrogens is 528 g/mol. The van der Waals surface area contributed by atoms with E-state index in [4.69, 9.17) is 6.64 Å². The number of rotatable bonds is 10. The van der Waals surface area contributed by atoms with Crippen LogP contribution in [-0.4, -0.2) is 6.10 Å². The van der Waals surface area contributed by atoms with Gasteiger partial charge in [0.25, 0.3) is 0 Å². The van der Waals surface area contributed by atoms with E-state index in [1.165, 1.54) is 0 Å². The molecule has 4 heteroatoms. The molecule has 4 aromatic carbocycles. The normalized spacial score (nSPS) is 14.8. The molecule has 4 rings (SSSR count). The quantitative estimate of drug-likeness (QED) is 0.177. The first-order valence-corrected chi connectivity index (χ1v) is 18.6. The average Bonchev–Trinajstić information content (AvgIpc) is 2.94. The van der Waals surface area contributed by atoms with Crippen LogP contribution in [0.5, 0.6) is 5.75 Å². The van der Waals surface area contributed by atoms with Gasteiger partial charge in [-0.1, -0.05) is 0 Å². The van der Waals surface area contributed by atoms with Crippen molar-refractivity contribution in [2.45, 2.75) is 72.7 Å². The zero-order chi connectivity index (χ0) is 29.4. The van der Waals surface area contributed by atoms with Gasteiger partial charge in [-0.3, -0.25) is 0 Å². The topological polar surface area (TPSA) is 35.5 Å². The Labute approximate surface area is 240 Å². The van der Waals surface area contributed by atoms with E-state index in [2.05, 4.69) is 77.9 Å². The summed E-state index contributed by atoms with van der Waals surface area (Å²) in [5, 5.41) is 0. The van der Waals surface area contributed by atoms with Gasteiger partial charge in [-0.05, 0) is 0 Å². The van der Waals surface area contributed by atoms with Crippen LogP contribution in [0.4, 0.5) is 0 Å². The van der Waals surface area contributed by atoms with E-state index in [1.807, 2.05) is 98.8 Å².